The molecule has 0 bridgehead atoms. The third-order valence-corrected chi connectivity index (χ3v) is 1.94. The van der Waals surface area contributed by atoms with Crippen LogP contribution < -0.4 is 0 Å². The van der Waals surface area contributed by atoms with Crippen molar-refractivity contribution in [1.82, 2.24) is 0 Å². The van der Waals surface area contributed by atoms with E-state index in [1.807, 2.05) is 0 Å². The van der Waals surface area contributed by atoms with Gasteiger partial charge in [0.25, 0.3) is 0 Å². The smallest absolute Gasteiger partial charge is 0.324 e. The highest BCUT2D eigenvalue weighted by atomic mass is 16.6. The second-order valence-electron chi connectivity index (χ2n) is 3.87. The molecular weight excluding hydrogens is 172 g/mol. The summed E-state index contributed by atoms with van der Waals surface area (Å²) in [5.74, 6) is -2.68. The molecule has 0 aromatic heterocycles. The summed E-state index contributed by atoms with van der Waals surface area (Å²) in [5, 5.41) is 0. The normalized spacial score (nSPS) is 26.8. The molecule has 1 unspecified atom stereocenters. The van der Waals surface area contributed by atoms with Gasteiger partial charge in [-0.05, 0) is 20.8 Å². The average molecular weight is 184 g/mol. The van der Waals surface area contributed by atoms with Crippen molar-refractivity contribution >= 4 is 17.5 Å². The molecular formula is C9H12O4. The van der Waals surface area contributed by atoms with Crippen molar-refractivity contribution in [3.63, 3.8) is 0 Å². The van der Waals surface area contributed by atoms with Crippen LogP contribution in [0.2, 0.25) is 0 Å². The van der Waals surface area contributed by atoms with Crippen molar-refractivity contribution in [3.8, 4) is 0 Å². The topological polar surface area (TPSA) is 60.4 Å². The maximum absolute atomic E-state index is 11.3. The molecule has 4 heteroatoms. The summed E-state index contributed by atoms with van der Waals surface area (Å²) in [6.45, 7) is 4.53. The Labute approximate surface area is 76.3 Å². The van der Waals surface area contributed by atoms with Crippen molar-refractivity contribution in [2.24, 2.45) is 5.92 Å². The van der Waals surface area contributed by atoms with Gasteiger partial charge in [0.05, 0.1) is 0 Å². The number of cyclic esters (lactones) is 1. The van der Waals surface area contributed by atoms with E-state index in [0.29, 0.717) is 0 Å². The lowest BCUT2D eigenvalue weighted by atomic mass is 9.88. The molecule has 1 fully saturated rings. The lowest BCUT2D eigenvalue weighted by Crippen LogP contribution is -2.46. The number of hydrogen-bond acceptors (Lipinski definition) is 4. The highest BCUT2D eigenvalue weighted by Crippen LogP contribution is 2.25. The van der Waals surface area contributed by atoms with Crippen molar-refractivity contribution in [1.29, 1.82) is 0 Å². The van der Waals surface area contributed by atoms with E-state index >= 15 is 0 Å². The molecule has 0 N–H and O–H groups in total. The second kappa shape index (κ2) is 2.94. The Bertz CT molecular complexity index is 257. The largest absolute Gasteiger partial charge is 0.458 e. The van der Waals surface area contributed by atoms with Crippen LogP contribution in [0.4, 0.5) is 0 Å². The molecule has 1 rings (SSSR count). The van der Waals surface area contributed by atoms with Crippen LogP contribution in [-0.2, 0) is 19.1 Å². The van der Waals surface area contributed by atoms with E-state index in [1.54, 1.807) is 13.8 Å². The van der Waals surface area contributed by atoms with Gasteiger partial charge in [-0.3, -0.25) is 14.4 Å². The Morgan fingerprint density at radius 2 is 2.00 bits per heavy atom. The monoisotopic (exact) mass is 184 g/mol. The van der Waals surface area contributed by atoms with E-state index < -0.39 is 23.3 Å². The molecule has 0 saturated carbocycles. The summed E-state index contributed by atoms with van der Waals surface area (Å²) in [4.78, 5) is 33.4. The minimum absolute atomic E-state index is 0.114. The van der Waals surface area contributed by atoms with Crippen molar-refractivity contribution in [2.75, 3.05) is 0 Å². The van der Waals surface area contributed by atoms with E-state index in [4.69, 9.17) is 4.74 Å². The molecule has 0 spiro atoms. The molecule has 1 atom stereocenters. The zero-order chi connectivity index (χ0) is 10.2. The highest BCUT2D eigenvalue weighted by molar-refractivity contribution is 6.17. The number of esters is 1. The van der Waals surface area contributed by atoms with E-state index in [-0.39, 0.29) is 12.2 Å². The van der Waals surface area contributed by atoms with E-state index in [1.165, 1.54) is 6.92 Å². The van der Waals surface area contributed by atoms with Crippen molar-refractivity contribution < 1.29 is 19.1 Å². The van der Waals surface area contributed by atoms with Crippen LogP contribution in [0.1, 0.15) is 27.2 Å². The third-order valence-electron chi connectivity index (χ3n) is 1.94. The van der Waals surface area contributed by atoms with Gasteiger partial charge in [0, 0.05) is 6.42 Å². The predicted molar refractivity (Wildman–Crippen MR) is 44.0 cm³/mol. The molecule has 1 aliphatic rings. The van der Waals surface area contributed by atoms with Crippen LogP contribution in [0.5, 0.6) is 0 Å². The standard InChI is InChI=1S/C9H12O4/c1-5(10)7-6(11)4-9(2,3)13-8(7)12/h7H,4H2,1-3H3. The number of rotatable bonds is 1. The van der Waals surface area contributed by atoms with Crippen LogP contribution in [0.25, 0.3) is 0 Å². The fourth-order valence-electron chi connectivity index (χ4n) is 1.41. The van der Waals surface area contributed by atoms with Gasteiger partial charge in [-0.25, -0.2) is 0 Å². The quantitative estimate of drug-likeness (QED) is 0.439. The van der Waals surface area contributed by atoms with Gasteiger partial charge in [0.15, 0.2) is 17.5 Å². The number of carbonyl (C=O) groups excluding carboxylic acids is 3. The predicted octanol–water partition coefficient (Wildman–Crippen LogP) is 0.486. The minimum Gasteiger partial charge on any atom is -0.458 e. The molecule has 0 aromatic rings. The van der Waals surface area contributed by atoms with Gasteiger partial charge in [0.2, 0.25) is 0 Å². The molecule has 0 amide bonds. The Hall–Kier alpha value is -1.19. The molecule has 0 aromatic carbocycles. The van der Waals surface area contributed by atoms with Gasteiger partial charge in [-0.1, -0.05) is 0 Å². The van der Waals surface area contributed by atoms with Gasteiger partial charge in [0.1, 0.15) is 5.60 Å². The fraction of sp³-hybridized carbons (Fsp3) is 0.667. The number of carbonyl (C=O) groups is 3. The molecule has 1 saturated heterocycles. The van der Waals surface area contributed by atoms with E-state index in [9.17, 15) is 14.4 Å². The van der Waals surface area contributed by atoms with E-state index in [2.05, 4.69) is 0 Å². The van der Waals surface area contributed by atoms with Gasteiger partial charge < -0.3 is 4.74 Å². The molecule has 1 aliphatic heterocycles. The van der Waals surface area contributed by atoms with Crippen LogP contribution in [0.3, 0.4) is 0 Å². The lowest BCUT2D eigenvalue weighted by Gasteiger charge is -2.31. The maximum Gasteiger partial charge on any atom is 0.324 e. The molecule has 4 nitrogen and oxygen atoms in total. The number of hydrogen-bond donors (Lipinski definition) is 0. The lowest BCUT2D eigenvalue weighted by molar-refractivity contribution is -0.174. The molecule has 72 valence electrons. The van der Waals surface area contributed by atoms with Gasteiger partial charge >= 0.3 is 5.97 Å². The summed E-state index contributed by atoms with van der Waals surface area (Å²) in [5.41, 5.74) is -0.764. The number of ketones is 2. The van der Waals surface area contributed by atoms with Crippen LogP contribution >= 0.6 is 0 Å². The summed E-state index contributed by atoms with van der Waals surface area (Å²) >= 11 is 0. The van der Waals surface area contributed by atoms with Gasteiger partial charge in [-0.15, -0.1) is 0 Å². The first-order chi connectivity index (χ1) is 5.83. The van der Waals surface area contributed by atoms with Crippen molar-refractivity contribution in [2.45, 2.75) is 32.8 Å². The average Bonchev–Trinajstić information content (AvgIpc) is 1.78. The van der Waals surface area contributed by atoms with Gasteiger partial charge in [-0.2, -0.15) is 0 Å². The number of ether oxygens (including phenoxy) is 1. The van der Waals surface area contributed by atoms with Crippen molar-refractivity contribution in [3.05, 3.63) is 0 Å². The summed E-state index contributed by atoms with van der Waals surface area (Å²) in [7, 11) is 0. The zero-order valence-electron chi connectivity index (χ0n) is 7.92. The second-order valence-corrected chi connectivity index (χ2v) is 3.87. The molecule has 0 aliphatic carbocycles. The number of Topliss-reactive ketones (excluding diaryl/α,β-unsaturated/α-hetero) is 2. The zero-order valence-corrected chi connectivity index (χ0v) is 7.92. The summed E-state index contributed by atoms with van der Waals surface area (Å²) in [6, 6.07) is 0. The first-order valence-corrected chi connectivity index (χ1v) is 4.09. The van der Waals surface area contributed by atoms with Crippen LogP contribution in [0.15, 0.2) is 0 Å². The molecule has 1 heterocycles. The highest BCUT2D eigenvalue weighted by Gasteiger charge is 2.43. The maximum atomic E-state index is 11.3. The van der Waals surface area contributed by atoms with Crippen LogP contribution in [0, 0.1) is 5.92 Å². The third kappa shape index (κ3) is 1.94. The molecule has 0 radical (unpaired) electrons. The summed E-state index contributed by atoms with van der Waals surface area (Å²) in [6.07, 6.45) is 0.114. The fourth-order valence-corrected chi connectivity index (χ4v) is 1.41. The minimum atomic E-state index is -1.19. The first-order valence-electron chi connectivity index (χ1n) is 4.09. The summed E-state index contributed by atoms with van der Waals surface area (Å²) < 4.78 is 4.94. The Balaban J connectivity index is 2.89. The Kier molecular flexibility index (Phi) is 2.24. The first kappa shape index (κ1) is 9.89. The van der Waals surface area contributed by atoms with Crippen LogP contribution in [-0.4, -0.2) is 23.1 Å². The van der Waals surface area contributed by atoms with E-state index in [0.717, 1.165) is 0 Å². The molecule has 13 heavy (non-hydrogen) atoms. The Morgan fingerprint density at radius 3 is 2.38 bits per heavy atom. The Morgan fingerprint density at radius 1 is 1.46 bits per heavy atom. The SMILES string of the molecule is CC(=O)C1C(=O)CC(C)(C)OC1=O.